The van der Waals surface area contributed by atoms with Gasteiger partial charge in [-0.25, -0.2) is 8.78 Å². The van der Waals surface area contributed by atoms with Gasteiger partial charge in [-0.05, 0) is 18.9 Å². The van der Waals surface area contributed by atoms with Crippen molar-refractivity contribution in [1.29, 1.82) is 0 Å². The van der Waals surface area contributed by atoms with Gasteiger partial charge in [-0.3, -0.25) is 4.79 Å². The van der Waals surface area contributed by atoms with Crippen molar-refractivity contribution < 1.29 is 18.3 Å². The molecule has 116 valence electrons. The number of carbonyl (C=O) groups excluding carboxylic acids is 1. The fraction of sp³-hybridized carbons (Fsp3) is 0.533. The summed E-state index contributed by atoms with van der Waals surface area (Å²) in [6.45, 7) is 2.15. The van der Waals surface area contributed by atoms with Crippen molar-refractivity contribution in [2.24, 2.45) is 5.73 Å². The lowest BCUT2D eigenvalue weighted by molar-refractivity contribution is -0.133. The average molecular weight is 298 g/mol. The number of halogens is 2. The fourth-order valence-electron chi connectivity index (χ4n) is 2.47. The van der Waals surface area contributed by atoms with Gasteiger partial charge in [-0.1, -0.05) is 12.1 Å². The number of carbonyl (C=O) groups is 1. The maximum Gasteiger partial charge on any atom is 0.227 e. The molecule has 0 radical (unpaired) electrons. The molecule has 0 atom stereocenters. The van der Waals surface area contributed by atoms with Crippen molar-refractivity contribution in [2.75, 3.05) is 26.2 Å². The zero-order chi connectivity index (χ0) is 15.2. The number of ether oxygens (including phenoxy) is 1. The largest absolute Gasteiger partial charge is 0.377 e. The molecule has 0 spiro atoms. The summed E-state index contributed by atoms with van der Waals surface area (Å²) in [4.78, 5) is 13.8. The number of benzene rings is 1. The number of piperidine rings is 1. The zero-order valence-electron chi connectivity index (χ0n) is 11.9. The van der Waals surface area contributed by atoms with Crippen LogP contribution in [0, 0.1) is 11.6 Å². The van der Waals surface area contributed by atoms with Gasteiger partial charge in [-0.15, -0.1) is 0 Å². The summed E-state index contributed by atoms with van der Waals surface area (Å²) < 4.78 is 32.2. The van der Waals surface area contributed by atoms with Gasteiger partial charge < -0.3 is 15.4 Å². The molecule has 1 heterocycles. The Hall–Kier alpha value is -1.53. The maximum atomic E-state index is 13.6. The third-order valence-corrected chi connectivity index (χ3v) is 3.64. The summed E-state index contributed by atoms with van der Waals surface area (Å²) in [6.07, 6.45) is 1.51. The first-order chi connectivity index (χ1) is 10.1. The Labute approximate surface area is 122 Å². The highest BCUT2D eigenvalue weighted by Crippen LogP contribution is 2.17. The van der Waals surface area contributed by atoms with Gasteiger partial charge in [0.15, 0.2) is 11.6 Å². The standard InChI is InChI=1S/C15H20F2N2O2/c16-13-3-1-2-11(15(13)17)10-14(20)19-7-4-12(5-8-19)21-9-6-18/h1-3,12H,4-10,18H2. The van der Waals surface area contributed by atoms with E-state index in [9.17, 15) is 13.6 Å². The number of hydrogen-bond donors (Lipinski definition) is 1. The van der Waals surface area contributed by atoms with Gasteiger partial charge >= 0.3 is 0 Å². The van der Waals surface area contributed by atoms with Crippen molar-refractivity contribution >= 4 is 5.91 Å². The van der Waals surface area contributed by atoms with Crippen LogP contribution < -0.4 is 5.73 Å². The molecule has 4 nitrogen and oxygen atoms in total. The van der Waals surface area contributed by atoms with Gasteiger partial charge in [0.25, 0.3) is 0 Å². The third kappa shape index (κ3) is 4.22. The number of rotatable bonds is 5. The van der Waals surface area contributed by atoms with E-state index in [0.29, 0.717) is 26.2 Å². The van der Waals surface area contributed by atoms with Crippen LogP contribution in [0.5, 0.6) is 0 Å². The molecule has 0 aliphatic carbocycles. The van der Waals surface area contributed by atoms with Crippen LogP contribution in [-0.4, -0.2) is 43.2 Å². The highest BCUT2D eigenvalue weighted by Gasteiger charge is 2.24. The van der Waals surface area contributed by atoms with Gasteiger partial charge in [0.2, 0.25) is 5.91 Å². The molecule has 1 aliphatic heterocycles. The Morgan fingerprint density at radius 3 is 2.71 bits per heavy atom. The zero-order valence-corrected chi connectivity index (χ0v) is 11.9. The topological polar surface area (TPSA) is 55.6 Å². The third-order valence-electron chi connectivity index (χ3n) is 3.64. The van der Waals surface area contributed by atoms with Crippen LogP contribution in [0.2, 0.25) is 0 Å². The van der Waals surface area contributed by atoms with E-state index in [2.05, 4.69) is 0 Å². The normalized spacial score (nSPS) is 16.2. The monoisotopic (exact) mass is 298 g/mol. The number of likely N-dealkylation sites (tertiary alicyclic amines) is 1. The van der Waals surface area contributed by atoms with Crippen LogP contribution in [0.4, 0.5) is 8.78 Å². The first-order valence-corrected chi connectivity index (χ1v) is 7.14. The second-order valence-corrected chi connectivity index (χ2v) is 5.13. The molecule has 1 fully saturated rings. The van der Waals surface area contributed by atoms with Crippen LogP contribution in [-0.2, 0) is 16.0 Å². The highest BCUT2D eigenvalue weighted by molar-refractivity contribution is 5.78. The first kappa shape index (κ1) is 15.9. The molecule has 1 aromatic carbocycles. The molecule has 0 bridgehead atoms. The Balaban J connectivity index is 1.86. The minimum Gasteiger partial charge on any atom is -0.377 e. The minimum absolute atomic E-state index is 0.0986. The molecule has 0 saturated carbocycles. The summed E-state index contributed by atoms with van der Waals surface area (Å²) in [6, 6.07) is 3.89. The molecule has 2 N–H and O–H groups in total. The van der Waals surface area contributed by atoms with E-state index >= 15 is 0 Å². The molecule has 1 saturated heterocycles. The predicted molar refractivity (Wildman–Crippen MR) is 74.7 cm³/mol. The lowest BCUT2D eigenvalue weighted by Gasteiger charge is -2.32. The van der Waals surface area contributed by atoms with Crippen LogP contribution in [0.25, 0.3) is 0 Å². The van der Waals surface area contributed by atoms with Crippen molar-refractivity contribution in [3.05, 3.63) is 35.4 Å². The molecule has 1 aliphatic rings. The van der Waals surface area contributed by atoms with Gasteiger partial charge in [0, 0.05) is 25.2 Å². The number of hydrogen-bond acceptors (Lipinski definition) is 3. The quantitative estimate of drug-likeness (QED) is 0.895. The van der Waals surface area contributed by atoms with Crippen LogP contribution in [0.3, 0.4) is 0 Å². The van der Waals surface area contributed by atoms with E-state index in [1.165, 1.54) is 12.1 Å². The van der Waals surface area contributed by atoms with Gasteiger partial charge in [0.05, 0.1) is 19.1 Å². The maximum absolute atomic E-state index is 13.6. The molecule has 6 heteroatoms. The Bertz CT molecular complexity index is 489. The molecule has 0 unspecified atom stereocenters. The molecule has 1 aromatic rings. The summed E-state index contributed by atoms with van der Waals surface area (Å²) in [5.74, 6) is -2.04. The van der Waals surface area contributed by atoms with E-state index in [4.69, 9.17) is 10.5 Å². The first-order valence-electron chi connectivity index (χ1n) is 7.14. The van der Waals surface area contributed by atoms with Crippen molar-refractivity contribution in [1.82, 2.24) is 4.90 Å². The lowest BCUT2D eigenvalue weighted by atomic mass is 10.1. The molecule has 1 amide bonds. The van der Waals surface area contributed by atoms with Crippen LogP contribution in [0.15, 0.2) is 18.2 Å². The van der Waals surface area contributed by atoms with Crippen LogP contribution in [0.1, 0.15) is 18.4 Å². The van der Waals surface area contributed by atoms with E-state index in [1.54, 1.807) is 4.90 Å². The Morgan fingerprint density at radius 1 is 1.33 bits per heavy atom. The summed E-state index contributed by atoms with van der Waals surface area (Å²) in [5.41, 5.74) is 5.48. The number of amides is 1. The number of nitrogens with two attached hydrogens (primary N) is 1. The van der Waals surface area contributed by atoms with Crippen molar-refractivity contribution in [2.45, 2.75) is 25.4 Å². The van der Waals surface area contributed by atoms with E-state index < -0.39 is 11.6 Å². The van der Waals surface area contributed by atoms with Gasteiger partial charge in [-0.2, -0.15) is 0 Å². The molecule has 0 aromatic heterocycles. The molecule has 2 rings (SSSR count). The number of nitrogens with zero attached hydrogens (tertiary/aromatic N) is 1. The second-order valence-electron chi connectivity index (χ2n) is 5.13. The summed E-state index contributed by atoms with van der Waals surface area (Å²) >= 11 is 0. The molecule has 21 heavy (non-hydrogen) atoms. The van der Waals surface area contributed by atoms with E-state index in [0.717, 1.165) is 18.9 Å². The highest BCUT2D eigenvalue weighted by atomic mass is 19.2. The minimum atomic E-state index is -0.938. The SMILES string of the molecule is NCCOC1CCN(C(=O)Cc2cccc(F)c2F)CC1. The molecular weight excluding hydrogens is 278 g/mol. The summed E-state index contributed by atoms with van der Waals surface area (Å²) in [5, 5.41) is 0. The molecular formula is C15H20F2N2O2. The van der Waals surface area contributed by atoms with Gasteiger partial charge in [0.1, 0.15) is 0 Å². The fourth-order valence-corrected chi connectivity index (χ4v) is 2.47. The van der Waals surface area contributed by atoms with E-state index in [1.807, 2.05) is 0 Å². The predicted octanol–water partition coefficient (Wildman–Crippen LogP) is 1.47. The second kappa shape index (κ2) is 7.47. The Morgan fingerprint density at radius 2 is 2.05 bits per heavy atom. The summed E-state index contributed by atoms with van der Waals surface area (Å²) in [7, 11) is 0. The van der Waals surface area contributed by atoms with E-state index in [-0.39, 0.29) is 24.0 Å². The van der Waals surface area contributed by atoms with Crippen molar-refractivity contribution in [3.8, 4) is 0 Å². The van der Waals surface area contributed by atoms with Crippen molar-refractivity contribution in [3.63, 3.8) is 0 Å². The average Bonchev–Trinajstić information content (AvgIpc) is 2.50. The van der Waals surface area contributed by atoms with Crippen LogP contribution >= 0.6 is 0 Å². The Kier molecular flexibility index (Phi) is 5.64. The smallest absolute Gasteiger partial charge is 0.227 e. The lowest BCUT2D eigenvalue weighted by Crippen LogP contribution is -2.42.